The lowest BCUT2D eigenvalue weighted by molar-refractivity contribution is -0.120. The van der Waals surface area contributed by atoms with Gasteiger partial charge in [-0.2, -0.15) is 0 Å². The van der Waals surface area contributed by atoms with Crippen molar-refractivity contribution in [1.29, 1.82) is 0 Å². The predicted octanol–water partition coefficient (Wildman–Crippen LogP) is 3.29. The van der Waals surface area contributed by atoms with Crippen molar-refractivity contribution in [3.05, 3.63) is 29.3 Å². The van der Waals surface area contributed by atoms with Crippen LogP contribution in [0.4, 0.5) is 5.69 Å². The number of anilines is 1. The lowest BCUT2D eigenvalue weighted by atomic mass is 9.77. The quantitative estimate of drug-likeness (QED) is 0.880. The average molecular weight is 269 g/mol. The van der Waals surface area contributed by atoms with Gasteiger partial charge in [-0.3, -0.25) is 4.79 Å². The zero-order valence-electron chi connectivity index (χ0n) is 11.3. The molecule has 100 valence electrons. The third-order valence-corrected chi connectivity index (χ3v) is 3.59. The Balaban J connectivity index is 2.88. The maximum Gasteiger partial charge on any atom is 0.240 e. The first-order valence-electron chi connectivity index (χ1n) is 6.03. The van der Waals surface area contributed by atoms with Gasteiger partial charge in [-0.1, -0.05) is 39.3 Å². The summed E-state index contributed by atoms with van der Waals surface area (Å²) in [4.78, 5) is 11.6. The third kappa shape index (κ3) is 3.91. The number of carbonyl (C=O) groups is 1. The summed E-state index contributed by atoms with van der Waals surface area (Å²) in [6, 6.07) is 6.85. The monoisotopic (exact) mass is 268 g/mol. The first kappa shape index (κ1) is 14.8. The van der Waals surface area contributed by atoms with Gasteiger partial charge in [-0.25, -0.2) is 0 Å². The van der Waals surface area contributed by atoms with Crippen LogP contribution in [0.5, 0.6) is 0 Å². The Hall–Kier alpha value is -1.22. The van der Waals surface area contributed by atoms with E-state index in [2.05, 4.69) is 26.1 Å². The maximum atomic E-state index is 11.6. The molecule has 1 aromatic carbocycles. The molecule has 0 aliphatic carbocycles. The van der Waals surface area contributed by atoms with Crippen molar-refractivity contribution in [3.63, 3.8) is 0 Å². The summed E-state index contributed by atoms with van der Waals surface area (Å²) < 4.78 is 0. The van der Waals surface area contributed by atoms with Crippen LogP contribution in [-0.2, 0) is 4.79 Å². The summed E-state index contributed by atoms with van der Waals surface area (Å²) in [5.41, 5.74) is 6.33. The van der Waals surface area contributed by atoms with E-state index in [4.69, 9.17) is 17.3 Å². The Morgan fingerprint density at radius 2 is 1.78 bits per heavy atom. The van der Waals surface area contributed by atoms with Crippen molar-refractivity contribution in [1.82, 2.24) is 0 Å². The van der Waals surface area contributed by atoms with Crippen molar-refractivity contribution in [3.8, 4) is 0 Å². The van der Waals surface area contributed by atoms with Gasteiger partial charge in [0.15, 0.2) is 0 Å². The Kier molecular flexibility index (Phi) is 4.63. The SMILES string of the molecule is CC(C(Nc1ccc(Cl)cc1)C(N)=O)C(C)(C)C. The molecule has 4 heteroatoms. The van der Waals surface area contributed by atoms with Gasteiger partial charge in [0.2, 0.25) is 5.91 Å². The Morgan fingerprint density at radius 1 is 1.28 bits per heavy atom. The van der Waals surface area contributed by atoms with Crippen LogP contribution in [0, 0.1) is 11.3 Å². The molecule has 0 fully saturated rings. The maximum absolute atomic E-state index is 11.6. The molecule has 0 aliphatic rings. The summed E-state index contributed by atoms with van der Waals surface area (Å²) in [7, 11) is 0. The van der Waals surface area contributed by atoms with E-state index in [1.807, 2.05) is 19.1 Å². The summed E-state index contributed by atoms with van der Waals surface area (Å²) >= 11 is 5.83. The number of nitrogens with one attached hydrogen (secondary N) is 1. The van der Waals surface area contributed by atoms with Crippen LogP contribution in [-0.4, -0.2) is 11.9 Å². The Bertz CT molecular complexity index is 409. The molecular weight excluding hydrogens is 248 g/mol. The smallest absolute Gasteiger partial charge is 0.240 e. The minimum absolute atomic E-state index is 0.000871. The molecule has 0 bridgehead atoms. The molecule has 0 aliphatic heterocycles. The van der Waals surface area contributed by atoms with E-state index in [0.717, 1.165) is 5.69 Å². The highest BCUT2D eigenvalue weighted by Gasteiger charge is 2.31. The van der Waals surface area contributed by atoms with Gasteiger partial charge >= 0.3 is 0 Å². The van der Waals surface area contributed by atoms with Crippen LogP contribution >= 0.6 is 11.6 Å². The highest BCUT2D eigenvalue weighted by molar-refractivity contribution is 6.30. The van der Waals surface area contributed by atoms with Crippen molar-refractivity contribution < 1.29 is 4.79 Å². The van der Waals surface area contributed by atoms with E-state index >= 15 is 0 Å². The number of amides is 1. The van der Waals surface area contributed by atoms with Crippen LogP contribution in [0.15, 0.2) is 24.3 Å². The number of nitrogens with two attached hydrogens (primary N) is 1. The number of benzene rings is 1. The van der Waals surface area contributed by atoms with Gasteiger partial charge < -0.3 is 11.1 Å². The molecule has 1 rings (SSSR count). The molecule has 0 spiro atoms. The van der Waals surface area contributed by atoms with E-state index < -0.39 is 6.04 Å². The van der Waals surface area contributed by atoms with Crippen molar-refractivity contribution in [2.24, 2.45) is 17.1 Å². The van der Waals surface area contributed by atoms with E-state index in [0.29, 0.717) is 5.02 Å². The van der Waals surface area contributed by atoms with Gasteiger partial charge in [0.05, 0.1) is 0 Å². The minimum Gasteiger partial charge on any atom is -0.373 e. The topological polar surface area (TPSA) is 55.1 Å². The Morgan fingerprint density at radius 3 is 2.17 bits per heavy atom. The average Bonchev–Trinajstić information content (AvgIpc) is 2.25. The first-order chi connectivity index (χ1) is 8.21. The first-order valence-corrected chi connectivity index (χ1v) is 6.41. The van der Waals surface area contributed by atoms with Crippen molar-refractivity contribution >= 4 is 23.2 Å². The van der Waals surface area contributed by atoms with Gasteiger partial charge in [0.1, 0.15) is 6.04 Å². The second-order valence-electron chi connectivity index (χ2n) is 5.69. The standard InChI is InChI=1S/C14H21ClN2O/c1-9(14(2,3)4)12(13(16)18)17-11-7-5-10(15)6-8-11/h5-9,12,17H,1-4H3,(H2,16,18). The molecule has 18 heavy (non-hydrogen) atoms. The van der Waals surface area contributed by atoms with E-state index in [1.165, 1.54) is 0 Å². The zero-order chi connectivity index (χ0) is 13.9. The molecule has 3 nitrogen and oxygen atoms in total. The predicted molar refractivity (Wildman–Crippen MR) is 76.7 cm³/mol. The largest absolute Gasteiger partial charge is 0.373 e. The third-order valence-electron chi connectivity index (χ3n) is 3.34. The van der Waals surface area contributed by atoms with Crippen molar-refractivity contribution in [2.75, 3.05) is 5.32 Å². The molecule has 2 unspecified atom stereocenters. The van der Waals surface area contributed by atoms with Crippen LogP contribution < -0.4 is 11.1 Å². The number of hydrogen-bond donors (Lipinski definition) is 2. The minimum atomic E-state index is -0.397. The molecule has 0 heterocycles. The van der Waals surface area contributed by atoms with Crippen LogP contribution in [0.1, 0.15) is 27.7 Å². The van der Waals surface area contributed by atoms with Gasteiger partial charge in [0, 0.05) is 10.7 Å². The van der Waals surface area contributed by atoms with E-state index in [9.17, 15) is 4.79 Å². The molecule has 3 N–H and O–H groups in total. The number of halogens is 1. The van der Waals surface area contributed by atoms with E-state index in [1.54, 1.807) is 12.1 Å². The van der Waals surface area contributed by atoms with Gasteiger partial charge in [-0.05, 0) is 35.6 Å². The second-order valence-corrected chi connectivity index (χ2v) is 6.12. The summed E-state index contributed by atoms with van der Waals surface area (Å²) in [6.07, 6.45) is 0. The molecule has 0 aromatic heterocycles. The fraction of sp³-hybridized carbons (Fsp3) is 0.500. The lowest BCUT2D eigenvalue weighted by Gasteiger charge is -2.33. The Labute approximate surface area is 114 Å². The number of carbonyl (C=O) groups excluding carboxylic acids is 1. The summed E-state index contributed by atoms with van der Waals surface area (Å²) in [6.45, 7) is 8.31. The summed E-state index contributed by atoms with van der Waals surface area (Å²) in [5, 5.41) is 3.85. The zero-order valence-corrected chi connectivity index (χ0v) is 12.1. The molecular formula is C14H21ClN2O. The highest BCUT2D eigenvalue weighted by atomic mass is 35.5. The number of rotatable bonds is 4. The number of hydrogen-bond acceptors (Lipinski definition) is 2. The molecule has 0 saturated heterocycles. The summed E-state index contributed by atoms with van der Waals surface area (Å²) in [5.74, 6) is -0.224. The van der Waals surface area contributed by atoms with Gasteiger partial charge in [0.25, 0.3) is 0 Å². The fourth-order valence-corrected chi connectivity index (χ4v) is 1.79. The molecule has 2 atom stereocenters. The van der Waals surface area contributed by atoms with Gasteiger partial charge in [-0.15, -0.1) is 0 Å². The molecule has 0 saturated carbocycles. The van der Waals surface area contributed by atoms with Crippen molar-refractivity contribution in [2.45, 2.75) is 33.7 Å². The lowest BCUT2D eigenvalue weighted by Crippen LogP contribution is -2.45. The molecule has 1 amide bonds. The van der Waals surface area contributed by atoms with Crippen LogP contribution in [0.2, 0.25) is 5.02 Å². The van der Waals surface area contributed by atoms with Crippen LogP contribution in [0.25, 0.3) is 0 Å². The fourth-order valence-electron chi connectivity index (χ4n) is 1.67. The normalized spacial score (nSPS) is 14.9. The number of primary amides is 1. The van der Waals surface area contributed by atoms with Crippen LogP contribution in [0.3, 0.4) is 0 Å². The molecule has 0 radical (unpaired) electrons. The second kappa shape index (κ2) is 5.61. The highest BCUT2D eigenvalue weighted by Crippen LogP contribution is 2.30. The van der Waals surface area contributed by atoms with E-state index in [-0.39, 0.29) is 17.2 Å². The molecule has 1 aromatic rings.